The molecule has 202 valence electrons. The molecule has 9 heteroatoms. The number of benzene rings is 2. The minimum Gasteiger partial charge on any atom is -0.408 e. The molecule has 0 aliphatic carbocycles. The summed E-state index contributed by atoms with van der Waals surface area (Å²) < 4.78 is 7.47. The van der Waals surface area contributed by atoms with Gasteiger partial charge in [-0.05, 0) is 60.7 Å². The van der Waals surface area contributed by atoms with E-state index < -0.39 is 6.09 Å². The first kappa shape index (κ1) is 27.4. The average Bonchev–Trinajstić information content (AvgIpc) is 3.29. The predicted molar refractivity (Wildman–Crippen MR) is 154 cm³/mol. The molecule has 0 saturated carbocycles. The second kappa shape index (κ2) is 11.8. The van der Waals surface area contributed by atoms with Gasteiger partial charge in [0.1, 0.15) is 0 Å². The number of hydrogen-bond donors (Lipinski definition) is 2. The molecular formula is C30H34N6O3. The summed E-state index contributed by atoms with van der Waals surface area (Å²) >= 11 is 0. The van der Waals surface area contributed by atoms with E-state index in [0.29, 0.717) is 23.0 Å². The Balaban J connectivity index is 1.50. The van der Waals surface area contributed by atoms with Crippen LogP contribution in [0.5, 0.6) is 5.75 Å². The number of ether oxygens (including phenoxy) is 1. The molecule has 9 nitrogen and oxygen atoms in total. The van der Waals surface area contributed by atoms with Gasteiger partial charge in [0, 0.05) is 50.9 Å². The van der Waals surface area contributed by atoms with Crippen LogP contribution in [0.2, 0.25) is 0 Å². The van der Waals surface area contributed by atoms with Crippen LogP contribution in [0.15, 0.2) is 60.9 Å². The number of aryl methyl sites for hydroxylation is 4. The second-order valence-electron chi connectivity index (χ2n) is 9.46. The molecule has 2 N–H and O–H groups in total. The van der Waals surface area contributed by atoms with Gasteiger partial charge in [-0.1, -0.05) is 32.0 Å². The number of carbonyl (C=O) groups is 2. The monoisotopic (exact) mass is 526 g/mol. The molecule has 0 aliphatic heterocycles. The van der Waals surface area contributed by atoms with Gasteiger partial charge in [-0.25, -0.2) is 14.8 Å². The number of carbonyl (C=O) groups excluding carboxylic acids is 2. The zero-order chi connectivity index (χ0) is 28.1. The fraction of sp³-hybridized carbons (Fsp3) is 0.267. The van der Waals surface area contributed by atoms with E-state index in [1.165, 1.54) is 0 Å². The third-order valence-electron chi connectivity index (χ3n) is 6.46. The van der Waals surface area contributed by atoms with Crippen LogP contribution in [-0.4, -0.2) is 45.5 Å². The molecule has 2 aromatic heterocycles. The van der Waals surface area contributed by atoms with Crippen molar-refractivity contribution in [2.75, 3.05) is 24.7 Å². The summed E-state index contributed by atoms with van der Waals surface area (Å²) in [7, 11) is 5.31. The first-order valence-electron chi connectivity index (χ1n) is 12.9. The van der Waals surface area contributed by atoms with Crippen LogP contribution in [0.4, 0.5) is 22.1 Å². The number of amides is 2. The standard InChI is InChI=1S/C30H34N6O3/c1-7-20-10-9-11-21(8-2)27(20)34-30(38)39-23-17-26(36(6)18-23)25-14-15-31-29(33-25)32-24-13-12-22(16-19(24)3)28(37)35(4)5/h9-18H,7-8H2,1-6H3,(H,34,38)(H,31,32,33). The van der Waals surface area contributed by atoms with Gasteiger partial charge in [-0.3, -0.25) is 10.1 Å². The van der Waals surface area contributed by atoms with E-state index in [1.54, 1.807) is 49.6 Å². The van der Waals surface area contributed by atoms with Crippen molar-refractivity contribution in [1.29, 1.82) is 0 Å². The van der Waals surface area contributed by atoms with Crippen molar-refractivity contribution >= 4 is 29.3 Å². The van der Waals surface area contributed by atoms with Gasteiger partial charge >= 0.3 is 6.09 Å². The Labute approximate surface area is 228 Å². The molecule has 4 aromatic rings. The summed E-state index contributed by atoms with van der Waals surface area (Å²) in [6.07, 6.45) is 4.47. The third-order valence-corrected chi connectivity index (χ3v) is 6.46. The minimum atomic E-state index is -0.542. The van der Waals surface area contributed by atoms with Gasteiger partial charge in [0.2, 0.25) is 5.95 Å². The molecule has 0 radical (unpaired) electrons. The maximum Gasteiger partial charge on any atom is 0.417 e. The van der Waals surface area contributed by atoms with E-state index in [-0.39, 0.29) is 5.91 Å². The topological polar surface area (TPSA) is 101 Å². The minimum absolute atomic E-state index is 0.0568. The van der Waals surface area contributed by atoms with Gasteiger partial charge in [0.05, 0.1) is 17.1 Å². The lowest BCUT2D eigenvalue weighted by Gasteiger charge is -2.14. The summed E-state index contributed by atoms with van der Waals surface area (Å²) in [5.41, 5.74) is 6.67. The number of para-hydroxylation sites is 1. The van der Waals surface area contributed by atoms with Crippen molar-refractivity contribution in [2.45, 2.75) is 33.6 Å². The number of aromatic nitrogens is 3. The molecular weight excluding hydrogens is 492 g/mol. The van der Waals surface area contributed by atoms with Crippen LogP contribution in [0, 0.1) is 6.92 Å². The lowest BCUT2D eigenvalue weighted by atomic mass is 10.0. The SMILES string of the molecule is CCc1cccc(CC)c1NC(=O)Oc1cc(-c2ccnc(Nc3ccc(C(=O)N(C)C)cc3C)n2)n(C)c1. The van der Waals surface area contributed by atoms with Gasteiger partial charge < -0.3 is 19.5 Å². The third kappa shape index (κ3) is 6.26. The smallest absolute Gasteiger partial charge is 0.408 e. The Hall–Kier alpha value is -4.66. The summed E-state index contributed by atoms with van der Waals surface area (Å²) in [4.78, 5) is 35.6. The zero-order valence-electron chi connectivity index (χ0n) is 23.2. The lowest BCUT2D eigenvalue weighted by molar-refractivity contribution is 0.0827. The molecule has 0 fully saturated rings. The van der Waals surface area contributed by atoms with Crippen LogP contribution in [0.25, 0.3) is 11.4 Å². The lowest BCUT2D eigenvalue weighted by Crippen LogP contribution is -2.21. The molecule has 2 heterocycles. The Bertz CT molecular complexity index is 1490. The zero-order valence-corrected chi connectivity index (χ0v) is 23.2. The van der Waals surface area contributed by atoms with Crippen LogP contribution < -0.4 is 15.4 Å². The van der Waals surface area contributed by atoms with Crippen molar-refractivity contribution in [1.82, 2.24) is 19.4 Å². The fourth-order valence-corrected chi connectivity index (χ4v) is 4.36. The van der Waals surface area contributed by atoms with E-state index in [2.05, 4.69) is 34.4 Å². The van der Waals surface area contributed by atoms with E-state index in [4.69, 9.17) is 4.74 Å². The molecule has 39 heavy (non-hydrogen) atoms. The summed E-state index contributed by atoms with van der Waals surface area (Å²) in [6, 6.07) is 15.0. The molecule has 4 rings (SSSR count). The Kier molecular flexibility index (Phi) is 8.29. The van der Waals surface area contributed by atoms with Gasteiger partial charge in [0.25, 0.3) is 5.91 Å². The predicted octanol–water partition coefficient (Wildman–Crippen LogP) is 5.97. The Morgan fingerprint density at radius 3 is 2.38 bits per heavy atom. The van der Waals surface area contributed by atoms with Crippen molar-refractivity contribution in [3.63, 3.8) is 0 Å². The molecule has 2 aromatic carbocycles. The van der Waals surface area contributed by atoms with Gasteiger partial charge in [-0.2, -0.15) is 0 Å². The summed E-state index contributed by atoms with van der Waals surface area (Å²) in [5.74, 6) is 0.757. The number of nitrogens with one attached hydrogen (secondary N) is 2. The van der Waals surface area contributed by atoms with E-state index in [0.717, 1.165) is 46.6 Å². The first-order valence-corrected chi connectivity index (χ1v) is 12.9. The van der Waals surface area contributed by atoms with Gasteiger partial charge in [0.15, 0.2) is 5.75 Å². The van der Waals surface area contributed by atoms with Crippen LogP contribution in [0.1, 0.15) is 40.9 Å². The van der Waals surface area contributed by atoms with Crippen molar-refractivity contribution in [3.05, 3.63) is 83.2 Å². The Morgan fingerprint density at radius 2 is 1.74 bits per heavy atom. The van der Waals surface area contributed by atoms with E-state index >= 15 is 0 Å². The van der Waals surface area contributed by atoms with Crippen LogP contribution >= 0.6 is 0 Å². The highest BCUT2D eigenvalue weighted by Gasteiger charge is 2.16. The number of rotatable bonds is 8. The van der Waals surface area contributed by atoms with Crippen LogP contribution in [0.3, 0.4) is 0 Å². The van der Waals surface area contributed by atoms with Crippen molar-refractivity contribution < 1.29 is 14.3 Å². The van der Waals surface area contributed by atoms with Crippen molar-refractivity contribution in [2.24, 2.45) is 7.05 Å². The van der Waals surface area contributed by atoms with E-state index in [9.17, 15) is 9.59 Å². The maximum atomic E-state index is 12.8. The number of anilines is 3. The second-order valence-corrected chi connectivity index (χ2v) is 9.46. The van der Waals surface area contributed by atoms with E-state index in [1.807, 2.05) is 48.9 Å². The van der Waals surface area contributed by atoms with Crippen LogP contribution in [-0.2, 0) is 19.9 Å². The molecule has 0 bridgehead atoms. The molecule has 0 atom stereocenters. The summed E-state index contributed by atoms with van der Waals surface area (Å²) in [6.45, 7) is 6.04. The normalized spacial score (nSPS) is 10.7. The largest absolute Gasteiger partial charge is 0.417 e. The fourth-order valence-electron chi connectivity index (χ4n) is 4.36. The molecule has 0 unspecified atom stereocenters. The highest BCUT2D eigenvalue weighted by atomic mass is 16.6. The first-order chi connectivity index (χ1) is 18.7. The summed E-state index contributed by atoms with van der Waals surface area (Å²) in [5, 5.41) is 6.16. The highest BCUT2D eigenvalue weighted by molar-refractivity contribution is 5.94. The number of hydrogen-bond acceptors (Lipinski definition) is 6. The molecule has 0 spiro atoms. The molecule has 0 saturated heterocycles. The average molecular weight is 527 g/mol. The number of nitrogens with zero attached hydrogens (tertiary/aromatic N) is 4. The van der Waals surface area contributed by atoms with Gasteiger partial charge in [-0.15, -0.1) is 0 Å². The molecule has 2 amide bonds. The van der Waals surface area contributed by atoms with Crippen molar-refractivity contribution in [3.8, 4) is 17.1 Å². The maximum absolute atomic E-state index is 12.8. The highest BCUT2D eigenvalue weighted by Crippen LogP contribution is 2.28. The quantitative estimate of drug-likeness (QED) is 0.293. The molecule has 0 aliphatic rings. The Morgan fingerprint density at radius 1 is 1.03 bits per heavy atom.